The maximum absolute atomic E-state index is 12.5. The minimum atomic E-state index is -0.153. The van der Waals surface area contributed by atoms with Crippen molar-refractivity contribution in [2.75, 3.05) is 25.5 Å². The molecule has 0 radical (unpaired) electrons. The molecule has 1 aliphatic carbocycles. The predicted molar refractivity (Wildman–Crippen MR) is 115 cm³/mol. The smallest absolute Gasteiger partial charge is 0.270 e. The molecule has 0 aliphatic heterocycles. The van der Waals surface area contributed by atoms with Gasteiger partial charge in [-0.2, -0.15) is 0 Å². The molecule has 2 aromatic rings. The van der Waals surface area contributed by atoms with E-state index in [1.54, 1.807) is 20.1 Å². The highest BCUT2D eigenvalue weighted by atomic mass is 16.5. The number of para-hydroxylation sites is 1. The standard InChI is InChI=1S/C23H30N4O2/c1-17-26-20(23(28)25-14-12-18-8-4-3-5-9-18)16-22(27-17)24-15-13-19-10-6-7-11-21(19)29-2/h6-8,10-11,16H,3-5,9,12-15H2,1-2H3,(H,25,28)(H,24,26,27). The topological polar surface area (TPSA) is 76.1 Å². The lowest BCUT2D eigenvalue weighted by atomic mass is 9.97. The number of carbonyl (C=O) groups excluding carboxylic acids is 1. The van der Waals surface area contributed by atoms with Crippen molar-refractivity contribution < 1.29 is 9.53 Å². The van der Waals surface area contributed by atoms with E-state index in [4.69, 9.17) is 4.74 Å². The summed E-state index contributed by atoms with van der Waals surface area (Å²) in [5, 5.41) is 6.28. The zero-order valence-corrected chi connectivity index (χ0v) is 17.3. The normalized spacial score (nSPS) is 13.5. The second-order valence-electron chi connectivity index (χ2n) is 7.29. The lowest BCUT2D eigenvalue weighted by molar-refractivity contribution is 0.0948. The van der Waals surface area contributed by atoms with Crippen molar-refractivity contribution in [2.24, 2.45) is 0 Å². The summed E-state index contributed by atoms with van der Waals surface area (Å²) >= 11 is 0. The van der Waals surface area contributed by atoms with E-state index in [9.17, 15) is 4.79 Å². The van der Waals surface area contributed by atoms with Crippen LogP contribution < -0.4 is 15.4 Å². The molecular formula is C23H30N4O2. The van der Waals surface area contributed by atoms with E-state index in [1.807, 2.05) is 24.3 Å². The van der Waals surface area contributed by atoms with Crippen molar-refractivity contribution in [3.63, 3.8) is 0 Å². The maximum atomic E-state index is 12.5. The number of anilines is 1. The summed E-state index contributed by atoms with van der Waals surface area (Å²) in [6.45, 7) is 3.13. The number of ether oxygens (including phenoxy) is 1. The molecule has 0 unspecified atom stereocenters. The summed E-state index contributed by atoms with van der Waals surface area (Å²) in [7, 11) is 1.68. The van der Waals surface area contributed by atoms with E-state index in [-0.39, 0.29) is 5.91 Å². The summed E-state index contributed by atoms with van der Waals surface area (Å²) in [6, 6.07) is 9.67. The Kier molecular flexibility index (Phi) is 7.61. The number of amides is 1. The van der Waals surface area contributed by atoms with Gasteiger partial charge in [0.05, 0.1) is 7.11 Å². The molecule has 1 aromatic heterocycles. The largest absolute Gasteiger partial charge is 0.496 e. The van der Waals surface area contributed by atoms with Gasteiger partial charge in [-0.15, -0.1) is 0 Å². The highest BCUT2D eigenvalue weighted by molar-refractivity contribution is 5.92. The van der Waals surface area contributed by atoms with Crippen LogP contribution in [0.3, 0.4) is 0 Å². The van der Waals surface area contributed by atoms with E-state index in [0.717, 1.165) is 37.0 Å². The van der Waals surface area contributed by atoms with Crippen LogP contribution in [-0.4, -0.2) is 36.1 Å². The van der Waals surface area contributed by atoms with Crippen molar-refractivity contribution in [2.45, 2.75) is 45.4 Å². The van der Waals surface area contributed by atoms with Crippen molar-refractivity contribution >= 4 is 11.7 Å². The molecule has 0 fully saturated rings. The number of benzene rings is 1. The van der Waals surface area contributed by atoms with Gasteiger partial charge < -0.3 is 15.4 Å². The molecule has 2 N–H and O–H groups in total. The Hall–Kier alpha value is -2.89. The van der Waals surface area contributed by atoms with Gasteiger partial charge in [-0.05, 0) is 57.1 Å². The van der Waals surface area contributed by atoms with Crippen LogP contribution in [0.2, 0.25) is 0 Å². The summed E-state index contributed by atoms with van der Waals surface area (Å²) in [4.78, 5) is 21.2. The van der Waals surface area contributed by atoms with E-state index >= 15 is 0 Å². The summed E-state index contributed by atoms with van der Waals surface area (Å²) < 4.78 is 5.39. The fourth-order valence-corrected chi connectivity index (χ4v) is 3.57. The number of nitrogens with one attached hydrogen (secondary N) is 2. The van der Waals surface area contributed by atoms with Gasteiger partial charge in [0.1, 0.15) is 23.1 Å². The first-order valence-electron chi connectivity index (χ1n) is 10.3. The van der Waals surface area contributed by atoms with Crippen LogP contribution in [0.5, 0.6) is 5.75 Å². The molecule has 6 heteroatoms. The third kappa shape index (κ3) is 6.31. The van der Waals surface area contributed by atoms with Gasteiger partial charge >= 0.3 is 0 Å². The van der Waals surface area contributed by atoms with Crippen LogP contribution in [0.15, 0.2) is 42.0 Å². The highest BCUT2D eigenvalue weighted by Crippen LogP contribution is 2.20. The minimum Gasteiger partial charge on any atom is -0.496 e. The molecule has 6 nitrogen and oxygen atoms in total. The number of aryl methyl sites for hydroxylation is 1. The van der Waals surface area contributed by atoms with Crippen LogP contribution in [0.1, 0.15) is 54.0 Å². The Bertz CT molecular complexity index is 864. The zero-order valence-electron chi connectivity index (χ0n) is 17.3. The van der Waals surface area contributed by atoms with Gasteiger partial charge in [0.2, 0.25) is 0 Å². The second kappa shape index (κ2) is 10.6. The van der Waals surface area contributed by atoms with Crippen LogP contribution >= 0.6 is 0 Å². The molecule has 0 bridgehead atoms. The molecule has 1 aromatic carbocycles. The first-order chi connectivity index (χ1) is 14.2. The van der Waals surface area contributed by atoms with Crippen molar-refractivity contribution in [1.29, 1.82) is 0 Å². The Morgan fingerprint density at radius 1 is 1.14 bits per heavy atom. The van der Waals surface area contributed by atoms with Crippen LogP contribution in [0.4, 0.5) is 5.82 Å². The van der Waals surface area contributed by atoms with Crippen molar-refractivity contribution in [3.8, 4) is 5.75 Å². The Morgan fingerprint density at radius 2 is 2.00 bits per heavy atom. The molecule has 0 atom stereocenters. The number of allylic oxidation sites excluding steroid dienone is 1. The number of hydrogen-bond acceptors (Lipinski definition) is 5. The number of rotatable bonds is 9. The summed E-state index contributed by atoms with van der Waals surface area (Å²) in [5.41, 5.74) is 2.98. The fraction of sp³-hybridized carbons (Fsp3) is 0.435. The number of hydrogen-bond donors (Lipinski definition) is 2. The van der Waals surface area contributed by atoms with Crippen molar-refractivity contribution in [1.82, 2.24) is 15.3 Å². The number of methoxy groups -OCH3 is 1. The van der Waals surface area contributed by atoms with E-state index < -0.39 is 0 Å². The summed E-state index contributed by atoms with van der Waals surface area (Å²) in [5.74, 6) is 1.96. The number of aromatic nitrogens is 2. The monoisotopic (exact) mass is 394 g/mol. The summed E-state index contributed by atoms with van der Waals surface area (Å²) in [6.07, 6.45) is 8.89. The second-order valence-corrected chi connectivity index (χ2v) is 7.29. The average molecular weight is 395 g/mol. The number of nitrogens with zero attached hydrogens (tertiary/aromatic N) is 2. The van der Waals surface area contributed by atoms with Gasteiger partial charge in [0.25, 0.3) is 5.91 Å². The third-order valence-corrected chi connectivity index (χ3v) is 5.08. The Labute approximate surface area is 172 Å². The first kappa shape index (κ1) is 20.8. The molecule has 3 rings (SSSR count). The predicted octanol–water partition coefficient (Wildman–Crippen LogP) is 4.07. The Morgan fingerprint density at radius 3 is 2.79 bits per heavy atom. The molecular weight excluding hydrogens is 364 g/mol. The van der Waals surface area contributed by atoms with Gasteiger partial charge in [-0.1, -0.05) is 29.8 Å². The molecule has 154 valence electrons. The van der Waals surface area contributed by atoms with Gasteiger partial charge in [-0.25, -0.2) is 9.97 Å². The fourth-order valence-electron chi connectivity index (χ4n) is 3.57. The lowest BCUT2D eigenvalue weighted by Crippen LogP contribution is -2.26. The molecule has 0 saturated carbocycles. The zero-order chi connectivity index (χ0) is 20.5. The molecule has 29 heavy (non-hydrogen) atoms. The molecule has 1 aliphatic rings. The van der Waals surface area contributed by atoms with Crippen LogP contribution in [0, 0.1) is 6.92 Å². The van der Waals surface area contributed by atoms with E-state index in [2.05, 4.69) is 26.7 Å². The number of carbonyl (C=O) groups is 1. The molecule has 0 spiro atoms. The van der Waals surface area contributed by atoms with Gasteiger partial charge in [0.15, 0.2) is 0 Å². The van der Waals surface area contributed by atoms with Gasteiger partial charge in [-0.3, -0.25) is 4.79 Å². The first-order valence-corrected chi connectivity index (χ1v) is 10.3. The lowest BCUT2D eigenvalue weighted by Gasteiger charge is -2.13. The van der Waals surface area contributed by atoms with Crippen LogP contribution in [0.25, 0.3) is 0 Å². The van der Waals surface area contributed by atoms with Crippen molar-refractivity contribution in [3.05, 3.63) is 59.1 Å². The Balaban J connectivity index is 1.53. The van der Waals surface area contributed by atoms with Crippen LogP contribution in [-0.2, 0) is 6.42 Å². The highest BCUT2D eigenvalue weighted by Gasteiger charge is 2.11. The third-order valence-electron chi connectivity index (χ3n) is 5.08. The SMILES string of the molecule is COc1ccccc1CCNc1cc(C(=O)NCCC2=CCCCC2)nc(C)n1. The maximum Gasteiger partial charge on any atom is 0.270 e. The molecule has 1 heterocycles. The quantitative estimate of drug-likeness (QED) is 0.627. The average Bonchev–Trinajstić information content (AvgIpc) is 2.74. The van der Waals surface area contributed by atoms with Gasteiger partial charge in [0, 0.05) is 19.2 Å². The van der Waals surface area contributed by atoms with E-state index in [1.165, 1.54) is 18.4 Å². The molecule has 0 saturated heterocycles. The minimum absolute atomic E-state index is 0.153. The molecule has 1 amide bonds. The van der Waals surface area contributed by atoms with E-state index in [0.29, 0.717) is 30.4 Å².